The Hall–Kier alpha value is -4.06. The zero-order chi connectivity index (χ0) is 25.2. The predicted octanol–water partition coefficient (Wildman–Crippen LogP) is 5.18. The van der Waals surface area contributed by atoms with Crippen LogP contribution in [0.1, 0.15) is 42.5 Å². The highest BCUT2D eigenvalue weighted by Gasteiger charge is 2.16. The summed E-state index contributed by atoms with van der Waals surface area (Å²) in [6.07, 6.45) is 1.10. The predicted molar refractivity (Wildman–Crippen MR) is 136 cm³/mol. The average Bonchev–Trinajstić information content (AvgIpc) is 2.83. The molecule has 0 spiro atoms. The molecule has 3 N–H and O–H groups in total. The van der Waals surface area contributed by atoms with Crippen molar-refractivity contribution in [2.24, 2.45) is 5.73 Å². The van der Waals surface area contributed by atoms with Gasteiger partial charge >= 0.3 is 5.97 Å². The van der Waals surface area contributed by atoms with Crippen molar-refractivity contribution >= 4 is 17.3 Å². The van der Waals surface area contributed by atoms with Gasteiger partial charge in [-0.15, -0.1) is 0 Å². The summed E-state index contributed by atoms with van der Waals surface area (Å²) in [6, 6.07) is 23.3. The van der Waals surface area contributed by atoms with E-state index in [0.29, 0.717) is 42.2 Å². The molecule has 0 aliphatic carbocycles. The standard InChI is InChI=1S/C29H31NO5/c1-20(30)29(21(2)31)27-18-26(14-10-24(27)11-15-28(32)33)35-19-23-8-12-25(13-9-23)34-17-16-22-6-4-3-5-7-22/h3-10,12-14,18H,11,15-17,19,30H2,1-2H3,(H,32,33). The second-order valence-corrected chi connectivity index (χ2v) is 8.34. The number of carboxylic acid groups (broad SMARTS) is 1. The maximum absolute atomic E-state index is 12.2. The summed E-state index contributed by atoms with van der Waals surface area (Å²) >= 11 is 0. The lowest BCUT2D eigenvalue weighted by molar-refractivity contribution is -0.137. The number of aryl methyl sites for hydroxylation is 1. The summed E-state index contributed by atoms with van der Waals surface area (Å²) in [4.78, 5) is 23.3. The molecule has 0 atom stereocenters. The fourth-order valence-corrected chi connectivity index (χ4v) is 3.80. The maximum Gasteiger partial charge on any atom is 0.303 e. The van der Waals surface area contributed by atoms with Gasteiger partial charge in [0, 0.05) is 24.1 Å². The number of benzene rings is 3. The lowest BCUT2D eigenvalue weighted by atomic mass is 9.93. The largest absolute Gasteiger partial charge is 0.493 e. The topological polar surface area (TPSA) is 98.9 Å². The van der Waals surface area contributed by atoms with Gasteiger partial charge in [0.2, 0.25) is 0 Å². The third kappa shape index (κ3) is 7.74. The summed E-state index contributed by atoms with van der Waals surface area (Å²) in [6.45, 7) is 4.04. The number of nitrogens with two attached hydrogens (primary N) is 1. The van der Waals surface area contributed by atoms with Crippen molar-refractivity contribution < 1.29 is 24.2 Å². The number of allylic oxidation sites excluding steroid dienone is 2. The van der Waals surface area contributed by atoms with E-state index in [0.717, 1.165) is 23.3 Å². The summed E-state index contributed by atoms with van der Waals surface area (Å²) < 4.78 is 11.8. The minimum Gasteiger partial charge on any atom is -0.493 e. The van der Waals surface area contributed by atoms with E-state index in [-0.39, 0.29) is 12.2 Å². The molecule has 0 aromatic heterocycles. The molecule has 0 unspecified atom stereocenters. The maximum atomic E-state index is 12.2. The van der Waals surface area contributed by atoms with E-state index < -0.39 is 5.97 Å². The first-order valence-corrected chi connectivity index (χ1v) is 11.5. The number of carboxylic acids is 1. The zero-order valence-electron chi connectivity index (χ0n) is 20.1. The van der Waals surface area contributed by atoms with Crippen molar-refractivity contribution in [1.29, 1.82) is 0 Å². The average molecular weight is 474 g/mol. The number of ketones is 1. The summed E-state index contributed by atoms with van der Waals surface area (Å²) in [5.74, 6) is 0.287. The van der Waals surface area contributed by atoms with Crippen molar-refractivity contribution in [2.45, 2.75) is 39.7 Å². The molecule has 0 fully saturated rings. The Morgan fingerprint density at radius 1 is 0.829 bits per heavy atom. The molecule has 6 nitrogen and oxygen atoms in total. The molecule has 0 radical (unpaired) electrons. The lowest BCUT2D eigenvalue weighted by Gasteiger charge is -2.15. The number of ether oxygens (including phenoxy) is 2. The van der Waals surface area contributed by atoms with Crippen LogP contribution >= 0.6 is 0 Å². The van der Waals surface area contributed by atoms with Gasteiger partial charge < -0.3 is 20.3 Å². The van der Waals surface area contributed by atoms with Crippen LogP contribution in [0.2, 0.25) is 0 Å². The molecule has 0 bridgehead atoms. The summed E-state index contributed by atoms with van der Waals surface area (Å²) in [5.41, 5.74) is 10.3. The zero-order valence-corrected chi connectivity index (χ0v) is 20.1. The monoisotopic (exact) mass is 473 g/mol. The number of carbonyl (C=O) groups is 2. The van der Waals surface area contributed by atoms with Crippen LogP contribution < -0.4 is 15.2 Å². The molecule has 0 heterocycles. The van der Waals surface area contributed by atoms with Gasteiger partial charge in [-0.25, -0.2) is 0 Å². The van der Waals surface area contributed by atoms with Crippen molar-refractivity contribution in [3.8, 4) is 11.5 Å². The molecule has 3 aromatic carbocycles. The van der Waals surface area contributed by atoms with Crippen LogP contribution in [0.4, 0.5) is 0 Å². The van der Waals surface area contributed by atoms with E-state index >= 15 is 0 Å². The summed E-state index contributed by atoms with van der Waals surface area (Å²) in [5, 5.41) is 9.07. The Bertz CT molecular complexity index is 1180. The summed E-state index contributed by atoms with van der Waals surface area (Å²) in [7, 11) is 0. The van der Waals surface area contributed by atoms with Gasteiger partial charge in [-0.3, -0.25) is 9.59 Å². The SMILES string of the molecule is CC(=O)C(=C(C)N)c1cc(OCc2ccc(OCCc3ccccc3)cc2)ccc1CCC(=O)O. The van der Waals surface area contributed by atoms with Crippen LogP contribution in [-0.2, 0) is 29.0 Å². The van der Waals surface area contributed by atoms with E-state index in [1.54, 1.807) is 25.1 Å². The molecule has 0 aliphatic heterocycles. The molecule has 0 aliphatic rings. The van der Waals surface area contributed by atoms with Crippen LogP contribution in [0.5, 0.6) is 11.5 Å². The number of rotatable bonds is 12. The Kier molecular flexibility index (Phi) is 9.07. The van der Waals surface area contributed by atoms with Crippen LogP contribution in [0.25, 0.3) is 5.57 Å². The Balaban J connectivity index is 1.65. The number of aliphatic carboxylic acids is 1. The molecule has 182 valence electrons. The van der Waals surface area contributed by atoms with Crippen molar-refractivity contribution in [1.82, 2.24) is 0 Å². The Labute approximate surface area is 206 Å². The van der Waals surface area contributed by atoms with Gasteiger partial charge in [0.15, 0.2) is 5.78 Å². The molecule has 3 rings (SSSR count). The van der Waals surface area contributed by atoms with E-state index in [9.17, 15) is 9.59 Å². The number of Topliss-reactive ketones (excluding diaryl/α,β-unsaturated/α-hetero) is 1. The van der Waals surface area contributed by atoms with Crippen LogP contribution in [0, 0.1) is 0 Å². The first kappa shape index (κ1) is 25.6. The van der Waals surface area contributed by atoms with Crippen LogP contribution in [0.3, 0.4) is 0 Å². The minimum absolute atomic E-state index is 0.0399. The highest BCUT2D eigenvalue weighted by Crippen LogP contribution is 2.28. The number of hydrogen-bond acceptors (Lipinski definition) is 5. The lowest BCUT2D eigenvalue weighted by Crippen LogP contribution is -2.09. The second-order valence-electron chi connectivity index (χ2n) is 8.34. The van der Waals surface area contributed by atoms with Gasteiger partial charge in [-0.1, -0.05) is 48.5 Å². The first-order valence-electron chi connectivity index (χ1n) is 11.5. The van der Waals surface area contributed by atoms with Gasteiger partial charge in [0.05, 0.1) is 6.61 Å². The molecule has 6 heteroatoms. The molecule has 0 amide bonds. The molecule has 35 heavy (non-hydrogen) atoms. The first-order chi connectivity index (χ1) is 16.8. The third-order valence-corrected chi connectivity index (χ3v) is 5.54. The molecular weight excluding hydrogens is 442 g/mol. The smallest absolute Gasteiger partial charge is 0.303 e. The molecule has 3 aromatic rings. The van der Waals surface area contributed by atoms with Crippen molar-refractivity contribution in [3.05, 3.63) is 101 Å². The Morgan fingerprint density at radius 2 is 1.51 bits per heavy atom. The minimum atomic E-state index is -0.901. The van der Waals surface area contributed by atoms with E-state index in [2.05, 4.69) is 12.1 Å². The third-order valence-electron chi connectivity index (χ3n) is 5.54. The highest BCUT2D eigenvalue weighted by molar-refractivity contribution is 6.20. The second kappa shape index (κ2) is 12.4. The number of carbonyl (C=O) groups excluding carboxylic acids is 1. The van der Waals surface area contributed by atoms with Gasteiger partial charge in [0.1, 0.15) is 18.1 Å². The number of hydrogen-bond donors (Lipinski definition) is 2. The van der Waals surface area contributed by atoms with Gasteiger partial charge in [-0.05, 0) is 66.8 Å². The molecule has 0 saturated carbocycles. The quantitative estimate of drug-likeness (QED) is 0.352. The highest BCUT2D eigenvalue weighted by atomic mass is 16.5. The van der Waals surface area contributed by atoms with Crippen LogP contribution in [-0.4, -0.2) is 23.5 Å². The van der Waals surface area contributed by atoms with E-state index in [1.807, 2.05) is 42.5 Å². The normalized spacial score (nSPS) is 11.5. The van der Waals surface area contributed by atoms with Crippen LogP contribution in [0.15, 0.2) is 78.5 Å². The van der Waals surface area contributed by atoms with Crippen molar-refractivity contribution in [2.75, 3.05) is 6.61 Å². The van der Waals surface area contributed by atoms with E-state index in [1.165, 1.54) is 12.5 Å². The molecule has 0 saturated heterocycles. The Morgan fingerprint density at radius 3 is 2.14 bits per heavy atom. The fourth-order valence-electron chi connectivity index (χ4n) is 3.80. The molecular formula is C29H31NO5. The fraction of sp³-hybridized carbons (Fsp3) is 0.241. The van der Waals surface area contributed by atoms with E-state index in [4.69, 9.17) is 20.3 Å². The van der Waals surface area contributed by atoms with Crippen molar-refractivity contribution in [3.63, 3.8) is 0 Å². The van der Waals surface area contributed by atoms with Gasteiger partial charge in [0.25, 0.3) is 0 Å². The van der Waals surface area contributed by atoms with Gasteiger partial charge in [-0.2, -0.15) is 0 Å².